The van der Waals surface area contributed by atoms with Crippen molar-refractivity contribution >= 4 is 50.8 Å². The Balaban J connectivity index is 1.12. The van der Waals surface area contributed by atoms with Crippen molar-refractivity contribution in [2.24, 2.45) is 5.41 Å². The number of carbonyl (C=O) groups excluding carboxylic acids is 3. The Bertz CT molecular complexity index is 2090. The lowest BCUT2D eigenvalue weighted by Crippen LogP contribution is -2.38. The molecule has 0 aliphatic heterocycles. The van der Waals surface area contributed by atoms with Gasteiger partial charge in [0.1, 0.15) is 28.3 Å². The van der Waals surface area contributed by atoms with Crippen molar-refractivity contribution in [2.75, 3.05) is 30.9 Å². The zero-order valence-corrected chi connectivity index (χ0v) is 30.4. The zero-order chi connectivity index (χ0) is 37.0. The number of amides is 3. The minimum absolute atomic E-state index is 0.326. The highest BCUT2D eigenvalue weighted by Gasteiger charge is 2.56. The van der Waals surface area contributed by atoms with Crippen LogP contribution in [0.2, 0.25) is 0 Å². The molecule has 3 aromatic heterocycles. The summed E-state index contributed by atoms with van der Waals surface area (Å²) in [5.41, 5.74) is 2.33. The van der Waals surface area contributed by atoms with Crippen molar-refractivity contribution in [3.8, 4) is 22.1 Å². The summed E-state index contributed by atoms with van der Waals surface area (Å²) in [5, 5.41) is 5.60. The molecule has 0 unspecified atom stereocenters. The van der Waals surface area contributed by atoms with Gasteiger partial charge < -0.3 is 29.7 Å². The zero-order valence-electron chi connectivity index (χ0n) is 29.6. The summed E-state index contributed by atoms with van der Waals surface area (Å²) in [7, 11) is 1.59. The first-order chi connectivity index (χ1) is 24.8. The molecule has 1 saturated carbocycles. The fourth-order valence-corrected chi connectivity index (χ4v) is 6.49. The summed E-state index contributed by atoms with van der Waals surface area (Å²) < 4.78 is 31.2. The van der Waals surface area contributed by atoms with E-state index in [9.17, 15) is 18.8 Å². The summed E-state index contributed by atoms with van der Waals surface area (Å²) in [6.07, 6.45) is 3.87. The van der Waals surface area contributed by atoms with Gasteiger partial charge in [0.25, 0.3) is 0 Å². The number of carbonyl (C=O) groups is 3. The maximum Gasteiger partial charge on any atom is 0.410 e. The van der Waals surface area contributed by atoms with Crippen molar-refractivity contribution in [1.29, 1.82) is 0 Å². The Labute approximate surface area is 305 Å². The Kier molecular flexibility index (Phi) is 10.5. The number of hydrogen-bond donors (Lipinski definition) is 2. The third-order valence-corrected chi connectivity index (χ3v) is 9.58. The lowest BCUT2D eigenvalue weighted by Gasteiger charge is -2.27. The first-order valence-electron chi connectivity index (χ1n) is 16.8. The molecule has 3 heterocycles. The molecule has 52 heavy (non-hydrogen) atoms. The molecule has 0 bridgehead atoms. The van der Waals surface area contributed by atoms with Crippen molar-refractivity contribution in [1.82, 2.24) is 14.9 Å². The summed E-state index contributed by atoms with van der Waals surface area (Å²) in [5.74, 6) is 0.00202. The quantitative estimate of drug-likeness (QED) is 0.123. The number of pyridine rings is 2. The van der Waals surface area contributed by atoms with E-state index in [-0.39, 0.29) is 0 Å². The molecule has 2 aromatic carbocycles. The molecule has 1 aliphatic rings. The smallest absolute Gasteiger partial charge is 0.410 e. The van der Waals surface area contributed by atoms with Gasteiger partial charge in [0, 0.05) is 43.5 Å². The average Bonchev–Trinajstić information content (AvgIpc) is 3.81. The molecular formula is C39H40FN5O6S. The van der Waals surface area contributed by atoms with E-state index in [1.54, 1.807) is 48.7 Å². The topological polar surface area (TPSA) is 132 Å². The van der Waals surface area contributed by atoms with E-state index in [2.05, 4.69) is 20.6 Å². The van der Waals surface area contributed by atoms with Crippen molar-refractivity contribution in [2.45, 2.75) is 52.7 Å². The SMILES string of the molecule is COCCN(Cc1ccc(-c2cc3nccc(Oc4ccc(NC(=O)C5(C(=O)Nc6ccc(F)cc6)CC5)cc4C)c3s2)nc1)C(=O)OC(C)(C)C. The molecule has 13 heteroatoms. The number of halogens is 1. The van der Waals surface area contributed by atoms with E-state index in [1.807, 2.05) is 45.9 Å². The van der Waals surface area contributed by atoms with Gasteiger partial charge >= 0.3 is 6.09 Å². The second-order valence-electron chi connectivity index (χ2n) is 13.7. The standard InChI is InChI=1S/C39H40FN5O6S/c1-24-20-28(44-36(47)39(15-16-39)35(46)43-27-9-7-26(40)8-10-27)11-13-31(24)50-32-14-17-41-30-21-33(52-34(30)32)29-12-6-25(22-42-29)23-45(18-19-49-5)37(48)51-38(2,3)4/h6-14,17,20-22H,15-16,18-19,23H2,1-5H3,(H,43,46)(H,44,47). The number of anilines is 2. The Morgan fingerprint density at radius 1 is 0.923 bits per heavy atom. The van der Waals surface area contributed by atoms with Crippen molar-refractivity contribution < 1.29 is 33.0 Å². The molecule has 1 aliphatic carbocycles. The number of methoxy groups -OCH3 is 1. The third-order valence-electron chi connectivity index (χ3n) is 8.42. The van der Waals surface area contributed by atoms with E-state index in [4.69, 9.17) is 14.2 Å². The number of aryl methyl sites for hydroxylation is 1. The second-order valence-corrected chi connectivity index (χ2v) is 14.7. The molecule has 3 amide bonds. The molecule has 0 atom stereocenters. The van der Waals surface area contributed by atoms with E-state index in [0.29, 0.717) is 55.4 Å². The maximum atomic E-state index is 13.3. The molecule has 1 fully saturated rings. The number of aromatic nitrogens is 2. The normalized spacial score (nSPS) is 13.3. The number of nitrogens with zero attached hydrogens (tertiary/aromatic N) is 3. The number of thiophene rings is 1. The predicted octanol–water partition coefficient (Wildman–Crippen LogP) is 8.34. The largest absolute Gasteiger partial charge is 0.455 e. The number of fused-ring (bicyclic) bond motifs is 1. The van der Waals surface area contributed by atoms with Gasteiger partial charge in [-0.2, -0.15) is 0 Å². The molecule has 5 aromatic rings. The average molecular weight is 726 g/mol. The van der Waals surface area contributed by atoms with Gasteiger partial charge in [-0.3, -0.25) is 19.6 Å². The molecule has 270 valence electrons. The van der Waals surface area contributed by atoms with E-state index in [1.165, 1.54) is 35.6 Å². The number of benzene rings is 2. The molecule has 6 rings (SSSR count). The van der Waals surface area contributed by atoms with Crippen LogP contribution in [0.4, 0.5) is 20.6 Å². The molecule has 0 saturated heterocycles. The number of ether oxygens (including phenoxy) is 3. The molecule has 0 spiro atoms. The van der Waals surface area contributed by atoms with Gasteiger partial charge in [0.2, 0.25) is 11.8 Å². The van der Waals surface area contributed by atoms with E-state index >= 15 is 0 Å². The van der Waals surface area contributed by atoms with Crippen LogP contribution >= 0.6 is 11.3 Å². The lowest BCUT2D eigenvalue weighted by molar-refractivity contribution is -0.131. The molecule has 11 nitrogen and oxygen atoms in total. The minimum Gasteiger partial charge on any atom is -0.455 e. The summed E-state index contributed by atoms with van der Waals surface area (Å²) in [6.45, 7) is 8.47. The van der Waals surface area contributed by atoms with Crippen LogP contribution in [0.25, 0.3) is 20.8 Å². The van der Waals surface area contributed by atoms with Gasteiger partial charge in [0.05, 0.1) is 33.9 Å². The fraction of sp³-hybridized carbons (Fsp3) is 0.308. The van der Waals surface area contributed by atoms with Gasteiger partial charge in [-0.1, -0.05) is 6.07 Å². The second kappa shape index (κ2) is 15.1. The van der Waals surface area contributed by atoms with Gasteiger partial charge in [-0.25, -0.2) is 9.18 Å². The van der Waals surface area contributed by atoms with Gasteiger partial charge in [0.15, 0.2) is 0 Å². The van der Waals surface area contributed by atoms with Crippen LogP contribution in [0.15, 0.2) is 79.1 Å². The number of nitrogens with one attached hydrogen (secondary N) is 2. The predicted molar refractivity (Wildman–Crippen MR) is 198 cm³/mol. The van der Waals surface area contributed by atoms with Crippen LogP contribution in [-0.4, -0.2) is 58.6 Å². The highest BCUT2D eigenvalue weighted by atomic mass is 32.1. The monoisotopic (exact) mass is 725 g/mol. The van der Waals surface area contributed by atoms with Gasteiger partial charge in [-0.15, -0.1) is 11.3 Å². The van der Waals surface area contributed by atoms with E-state index in [0.717, 1.165) is 31.9 Å². The number of hydrogen-bond acceptors (Lipinski definition) is 9. The fourth-order valence-electron chi connectivity index (χ4n) is 5.45. The first kappa shape index (κ1) is 36.4. The molecular weight excluding hydrogens is 686 g/mol. The Morgan fingerprint density at radius 3 is 2.27 bits per heavy atom. The van der Waals surface area contributed by atoms with Crippen LogP contribution in [-0.2, 0) is 25.6 Å². The van der Waals surface area contributed by atoms with E-state index < -0.39 is 34.7 Å². The highest BCUT2D eigenvalue weighted by Crippen LogP contribution is 2.48. The maximum absolute atomic E-state index is 13.3. The van der Waals surface area contributed by atoms with Gasteiger partial charge in [-0.05, 0) is 106 Å². The third kappa shape index (κ3) is 8.55. The van der Waals surface area contributed by atoms with Crippen molar-refractivity contribution in [3.63, 3.8) is 0 Å². The number of rotatable bonds is 12. The minimum atomic E-state index is -1.17. The summed E-state index contributed by atoms with van der Waals surface area (Å²) in [6, 6.07) is 18.4. The van der Waals surface area contributed by atoms with Crippen LogP contribution < -0.4 is 15.4 Å². The molecule has 0 radical (unpaired) electrons. The van der Waals surface area contributed by atoms with Crippen LogP contribution in [0.3, 0.4) is 0 Å². The van der Waals surface area contributed by atoms with Crippen LogP contribution in [0.5, 0.6) is 11.5 Å². The van der Waals surface area contributed by atoms with Crippen LogP contribution in [0, 0.1) is 18.2 Å². The Hall–Kier alpha value is -5.40. The molecule has 2 N–H and O–H groups in total. The van der Waals surface area contributed by atoms with Crippen molar-refractivity contribution in [3.05, 3.63) is 96.1 Å². The first-order valence-corrected chi connectivity index (χ1v) is 17.6. The Morgan fingerprint density at radius 2 is 1.63 bits per heavy atom. The lowest BCUT2D eigenvalue weighted by atomic mass is 10.0. The highest BCUT2D eigenvalue weighted by molar-refractivity contribution is 7.22. The summed E-state index contributed by atoms with van der Waals surface area (Å²) in [4.78, 5) is 50.7. The summed E-state index contributed by atoms with van der Waals surface area (Å²) >= 11 is 1.50. The van der Waals surface area contributed by atoms with Crippen LogP contribution in [0.1, 0.15) is 44.7 Å².